The highest BCUT2D eigenvalue weighted by atomic mass is 19.4. The first-order valence-corrected chi connectivity index (χ1v) is 5.52. The summed E-state index contributed by atoms with van der Waals surface area (Å²) in [4.78, 5) is 3.94. The number of hydrogen-bond donors (Lipinski definition) is 1. The smallest absolute Gasteiger partial charge is 0.310 e. The molecule has 0 atom stereocenters. The van der Waals surface area contributed by atoms with E-state index in [2.05, 4.69) is 29.2 Å². The van der Waals surface area contributed by atoms with E-state index in [1.165, 1.54) is 11.0 Å². The summed E-state index contributed by atoms with van der Waals surface area (Å²) in [6, 6.07) is 0. The third kappa shape index (κ3) is 5.67. The lowest BCUT2D eigenvalue weighted by molar-refractivity contribution is -0.137. The Morgan fingerprint density at radius 1 is 1.41 bits per heavy atom. The van der Waals surface area contributed by atoms with Crippen molar-refractivity contribution < 1.29 is 13.2 Å². The van der Waals surface area contributed by atoms with E-state index in [1.807, 2.05) is 0 Å². The average Bonchev–Trinajstić information content (AvgIpc) is 2.61. The Kier molecular flexibility index (Phi) is 4.92. The Hall–Kier alpha value is -1.11. The van der Waals surface area contributed by atoms with Crippen LogP contribution < -0.4 is 5.32 Å². The summed E-state index contributed by atoms with van der Waals surface area (Å²) in [5, 5.41) is 6.90. The molecule has 0 radical (unpaired) electrons. The van der Waals surface area contributed by atoms with Crippen LogP contribution in [0.25, 0.3) is 0 Å². The number of nitrogens with one attached hydrogen (secondary N) is 1. The van der Waals surface area contributed by atoms with E-state index in [4.69, 9.17) is 0 Å². The van der Waals surface area contributed by atoms with Crippen molar-refractivity contribution >= 4 is 0 Å². The Morgan fingerprint density at radius 2 is 2.12 bits per heavy atom. The topological polar surface area (TPSA) is 42.7 Å². The van der Waals surface area contributed by atoms with E-state index in [9.17, 15) is 13.2 Å². The molecule has 0 saturated heterocycles. The molecule has 1 aromatic rings. The minimum absolute atomic E-state index is 0.178. The number of aromatic nitrogens is 3. The molecule has 0 spiro atoms. The molecular formula is C10H17F3N4. The Bertz CT molecular complexity index is 333. The fourth-order valence-electron chi connectivity index (χ4n) is 1.32. The van der Waals surface area contributed by atoms with Crippen molar-refractivity contribution in [1.82, 2.24) is 20.1 Å². The molecule has 0 bridgehead atoms. The second-order valence-electron chi connectivity index (χ2n) is 4.29. The largest absolute Gasteiger partial charge is 0.390 e. The van der Waals surface area contributed by atoms with E-state index in [1.54, 1.807) is 0 Å². The van der Waals surface area contributed by atoms with Crippen LogP contribution in [-0.4, -0.2) is 27.5 Å². The van der Waals surface area contributed by atoms with Gasteiger partial charge in [0.15, 0.2) is 0 Å². The first-order chi connectivity index (χ1) is 7.88. The number of nitrogens with zero attached hydrogens (tertiary/aromatic N) is 3. The lowest BCUT2D eigenvalue weighted by Gasteiger charge is -2.10. The van der Waals surface area contributed by atoms with Crippen LogP contribution >= 0.6 is 0 Å². The Labute approximate surface area is 98.2 Å². The summed E-state index contributed by atoms with van der Waals surface area (Å²) in [6.45, 7) is 5.17. The normalized spacial score (nSPS) is 12.4. The maximum absolute atomic E-state index is 12.1. The van der Waals surface area contributed by atoms with Crippen molar-refractivity contribution in [2.45, 2.75) is 39.5 Å². The van der Waals surface area contributed by atoms with Crippen molar-refractivity contribution in [2.24, 2.45) is 5.92 Å². The van der Waals surface area contributed by atoms with E-state index >= 15 is 0 Å². The minimum Gasteiger partial charge on any atom is -0.310 e. The van der Waals surface area contributed by atoms with Crippen LogP contribution in [0.1, 0.15) is 26.1 Å². The summed E-state index contributed by atoms with van der Waals surface area (Å²) in [5.41, 5.74) is 0. The van der Waals surface area contributed by atoms with Gasteiger partial charge >= 0.3 is 6.18 Å². The molecule has 1 rings (SSSR count). The third-order valence-electron chi connectivity index (χ3n) is 2.14. The van der Waals surface area contributed by atoms with Crippen molar-refractivity contribution in [3.63, 3.8) is 0 Å². The van der Waals surface area contributed by atoms with E-state index in [-0.39, 0.29) is 6.54 Å². The molecule has 0 aliphatic carbocycles. The van der Waals surface area contributed by atoms with Gasteiger partial charge < -0.3 is 5.32 Å². The van der Waals surface area contributed by atoms with E-state index in [0.717, 1.165) is 6.54 Å². The van der Waals surface area contributed by atoms with Crippen LogP contribution in [0.3, 0.4) is 0 Å². The zero-order valence-electron chi connectivity index (χ0n) is 9.96. The van der Waals surface area contributed by atoms with Gasteiger partial charge in [-0.1, -0.05) is 13.8 Å². The number of aryl methyl sites for hydroxylation is 1. The van der Waals surface area contributed by atoms with Crippen LogP contribution in [0.5, 0.6) is 0 Å². The predicted octanol–water partition coefficient (Wildman–Crippen LogP) is 1.98. The van der Waals surface area contributed by atoms with Gasteiger partial charge in [-0.3, -0.25) is 0 Å². The molecule has 0 aliphatic heterocycles. The van der Waals surface area contributed by atoms with Crippen LogP contribution in [0, 0.1) is 5.92 Å². The molecule has 0 saturated carbocycles. The van der Waals surface area contributed by atoms with Gasteiger partial charge in [0.1, 0.15) is 12.2 Å². The fourth-order valence-corrected chi connectivity index (χ4v) is 1.32. The molecule has 17 heavy (non-hydrogen) atoms. The van der Waals surface area contributed by atoms with Crippen LogP contribution in [0.15, 0.2) is 6.33 Å². The summed E-state index contributed by atoms with van der Waals surface area (Å²) >= 11 is 0. The van der Waals surface area contributed by atoms with Gasteiger partial charge in [0, 0.05) is 0 Å². The highest BCUT2D eigenvalue weighted by Crippen LogP contribution is 2.20. The molecule has 0 fully saturated rings. The minimum atomic E-state index is -4.16. The van der Waals surface area contributed by atoms with E-state index in [0.29, 0.717) is 18.3 Å². The molecule has 0 amide bonds. The van der Waals surface area contributed by atoms with Gasteiger partial charge in [-0.05, 0) is 12.5 Å². The highest BCUT2D eigenvalue weighted by Gasteiger charge is 2.27. The maximum Gasteiger partial charge on any atom is 0.390 e. The second kappa shape index (κ2) is 6.00. The number of rotatable bonds is 6. The summed E-state index contributed by atoms with van der Waals surface area (Å²) in [6.07, 6.45) is -3.76. The van der Waals surface area contributed by atoms with Gasteiger partial charge in [-0.15, -0.1) is 0 Å². The maximum atomic E-state index is 12.1. The van der Waals surface area contributed by atoms with Gasteiger partial charge in [0.25, 0.3) is 0 Å². The average molecular weight is 250 g/mol. The monoisotopic (exact) mass is 250 g/mol. The SMILES string of the molecule is CC(C)CNCc1ncnn1CCC(F)(F)F. The molecule has 1 N–H and O–H groups in total. The molecule has 0 unspecified atom stereocenters. The summed E-state index contributed by atoms with van der Waals surface area (Å²) in [7, 11) is 0. The van der Waals surface area contributed by atoms with Crippen LogP contribution in [0.4, 0.5) is 13.2 Å². The fraction of sp³-hybridized carbons (Fsp3) is 0.800. The lowest BCUT2D eigenvalue weighted by Crippen LogP contribution is -2.22. The van der Waals surface area contributed by atoms with Crippen molar-refractivity contribution in [1.29, 1.82) is 0 Å². The standard InChI is InChI=1S/C10H17F3N4/c1-8(2)5-14-6-9-15-7-16-17(9)4-3-10(11,12)13/h7-8,14H,3-6H2,1-2H3. The van der Waals surface area contributed by atoms with E-state index < -0.39 is 12.6 Å². The summed E-state index contributed by atoms with van der Waals surface area (Å²) in [5.74, 6) is 1.02. The molecular weight excluding hydrogens is 233 g/mol. The molecule has 98 valence electrons. The highest BCUT2D eigenvalue weighted by molar-refractivity contribution is 4.84. The molecule has 0 aliphatic rings. The third-order valence-corrected chi connectivity index (χ3v) is 2.14. The number of alkyl halides is 3. The predicted molar refractivity (Wildman–Crippen MR) is 57.2 cm³/mol. The molecule has 1 heterocycles. The van der Waals surface area contributed by atoms with Crippen molar-refractivity contribution in [2.75, 3.05) is 6.54 Å². The molecule has 0 aromatic carbocycles. The second-order valence-corrected chi connectivity index (χ2v) is 4.29. The van der Waals surface area contributed by atoms with Crippen LogP contribution in [-0.2, 0) is 13.1 Å². The van der Waals surface area contributed by atoms with Gasteiger partial charge in [0.05, 0.1) is 19.5 Å². The van der Waals surface area contributed by atoms with Gasteiger partial charge in [-0.2, -0.15) is 18.3 Å². The van der Waals surface area contributed by atoms with Crippen molar-refractivity contribution in [3.8, 4) is 0 Å². The Balaban J connectivity index is 2.43. The molecule has 7 heteroatoms. The number of hydrogen-bond acceptors (Lipinski definition) is 3. The lowest BCUT2D eigenvalue weighted by atomic mass is 10.2. The molecule has 4 nitrogen and oxygen atoms in total. The van der Waals surface area contributed by atoms with Crippen molar-refractivity contribution in [3.05, 3.63) is 12.2 Å². The molecule has 1 aromatic heterocycles. The number of halogens is 3. The quantitative estimate of drug-likeness (QED) is 0.839. The first kappa shape index (κ1) is 14.0. The van der Waals surface area contributed by atoms with Gasteiger partial charge in [-0.25, -0.2) is 9.67 Å². The first-order valence-electron chi connectivity index (χ1n) is 5.52. The summed E-state index contributed by atoms with van der Waals surface area (Å²) < 4.78 is 37.5. The van der Waals surface area contributed by atoms with Gasteiger partial charge in [0.2, 0.25) is 0 Å². The zero-order valence-corrected chi connectivity index (χ0v) is 9.96. The Morgan fingerprint density at radius 3 is 2.71 bits per heavy atom. The van der Waals surface area contributed by atoms with Crippen LogP contribution in [0.2, 0.25) is 0 Å². The zero-order chi connectivity index (χ0) is 12.9.